The molecule has 0 atom stereocenters. The Kier molecular flexibility index (Phi) is 2.95. The zero-order chi connectivity index (χ0) is 14.5. The summed E-state index contributed by atoms with van der Waals surface area (Å²) in [5.74, 6) is 0.417. The molecular formula is C14H17N2O3S+. The van der Waals surface area contributed by atoms with Gasteiger partial charge in [0.05, 0.1) is 10.3 Å². The molecular weight excluding hydrogens is 276 g/mol. The SMILES string of the molecule is Cc1c[n+](O)cc2cccc(S(=O)(=O)N3CC(C)C3)c12. The molecule has 2 heterocycles. The number of sulfonamides is 1. The Morgan fingerprint density at radius 1 is 1.30 bits per heavy atom. The Balaban J connectivity index is 2.22. The fourth-order valence-electron chi connectivity index (χ4n) is 2.71. The fraction of sp³-hybridized carbons (Fsp3) is 0.357. The normalized spacial score (nSPS) is 17.3. The lowest BCUT2D eigenvalue weighted by atomic mass is 10.1. The maximum Gasteiger partial charge on any atom is 0.243 e. The molecule has 0 radical (unpaired) electrons. The van der Waals surface area contributed by atoms with Crippen molar-refractivity contribution in [2.24, 2.45) is 5.92 Å². The third kappa shape index (κ3) is 1.96. The van der Waals surface area contributed by atoms with Gasteiger partial charge >= 0.3 is 0 Å². The van der Waals surface area contributed by atoms with Crippen molar-refractivity contribution in [1.29, 1.82) is 0 Å². The van der Waals surface area contributed by atoms with Gasteiger partial charge in [-0.15, -0.1) is 0 Å². The van der Waals surface area contributed by atoms with Crippen molar-refractivity contribution in [2.75, 3.05) is 13.1 Å². The van der Waals surface area contributed by atoms with Crippen LogP contribution in [0.1, 0.15) is 12.5 Å². The van der Waals surface area contributed by atoms with Gasteiger partial charge in [-0.1, -0.05) is 13.0 Å². The van der Waals surface area contributed by atoms with E-state index >= 15 is 0 Å². The summed E-state index contributed by atoms with van der Waals surface area (Å²) in [7, 11) is -3.45. The van der Waals surface area contributed by atoms with E-state index in [1.165, 1.54) is 16.7 Å². The molecule has 1 aromatic carbocycles. The summed E-state index contributed by atoms with van der Waals surface area (Å²) >= 11 is 0. The van der Waals surface area contributed by atoms with E-state index in [-0.39, 0.29) is 0 Å². The van der Waals surface area contributed by atoms with Crippen LogP contribution >= 0.6 is 0 Å². The summed E-state index contributed by atoms with van der Waals surface area (Å²) in [5.41, 5.74) is 0.734. The lowest BCUT2D eigenvalue weighted by Gasteiger charge is -2.36. The van der Waals surface area contributed by atoms with Crippen LogP contribution in [0.3, 0.4) is 0 Å². The molecule has 106 valence electrons. The van der Waals surface area contributed by atoms with Crippen molar-refractivity contribution < 1.29 is 18.4 Å². The molecule has 1 aromatic heterocycles. The number of benzene rings is 1. The molecule has 1 aliphatic rings. The van der Waals surface area contributed by atoms with Crippen LogP contribution in [0.5, 0.6) is 0 Å². The average Bonchev–Trinajstić information content (AvgIpc) is 2.33. The molecule has 0 unspecified atom stereocenters. The Hall–Kier alpha value is -1.66. The second-order valence-electron chi connectivity index (χ2n) is 5.47. The summed E-state index contributed by atoms with van der Waals surface area (Å²) in [4.78, 5) is 0.319. The van der Waals surface area contributed by atoms with Crippen LogP contribution in [0.2, 0.25) is 0 Å². The number of fused-ring (bicyclic) bond motifs is 1. The summed E-state index contributed by atoms with van der Waals surface area (Å²) in [6.07, 6.45) is 3.03. The monoisotopic (exact) mass is 293 g/mol. The van der Waals surface area contributed by atoms with Gasteiger partial charge in [0.15, 0.2) is 0 Å². The van der Waals surface area contributed by atoms with Gasteiger partial charge in [0.2, 0.25) is 22.4 Å². The predicted octanol–water partition coefficient (Wildman–Crippen LogP) is 1.31. The van der Waals surface area contributed by atoms with Crippen LogP contribution in [0.15, 0.2) is 35.5 Å². The summed E-state index contributed by atoms with van der Waals surface area (Å²) in [6, 6.07) is 5.14. The highest BCUT2D eigenvalue weighted by atomic mass is 32.2. The highest BCUT2D eigenvalue weighted by Crippen LogP contribution is 2.30. The van der Waals surface area contributed by atoms with Gasteiger partial charge in [0.1, 0.15) is 0 Å². The number of nitrogens with zero attached hydrogens (tertiary/aromatic N) is 2. The first kappa shape index (κ1) is 13.3. The van der Waals surface area contributed by atoms with Gasteiger partial charge in [-0.25, -0.2) is 8.42 Å². The summed E-state index contributed by atoms with van der Waals surface area (Å²) in [6.45, 7) is 4.98. The van der Waals surface area contributed by atoms with Crippen molar-refractivity contribution in [3.05, 3.63) is 36.2 Å². The molecule has 6 heteroatoms. The minimum atomic E-state index is -3.45. The molecule has 0 aliphatic carbocycles. The molecule has 0 amide bonds. The van der Waals surface area contributed by atoms with Crippen LogP contribution in [0.25, 0.3) is 10.8 Å². The van der Waals surface area contributed by atoms with Crippen molar-refractivity contribution in [2.45, 2.75) is 18.7 Å². The third-order valence-electron chi connectivity index (χ3n) is 3.70. The first-order valence-corrected chi connectivity index (χ1v) is 7.97. The largest absolute Gasteiger partial charge is 0.285 e. The molecule has 0 bridgehead atoms. The maximum absolute atomic E-state index is 12.7. The molecule has 0 spiro atoms. The van der Waals surface area contributed by atoms with Crippen LogP contribution in [0.4, 0.5) is 0 Å². The lowest BCUT2D eigenvalue weighted by molar-refractivity contribution is -0.904. The van der Waals surface area contributed by atoms with Gasteiger partial charge in [0, 0.05) is 28.8 Å². The van der Waals surface area contributed by atoms with Crippen molar-refractivity contribution >= 4 is 20.8 Å². The second-order valence-corrected chi connectivity index (χ2v) is 7.38. The van der Waals surface area contributed by atoms with E-state index in [0.717, 1.165) is 10.3 Å². The number of hydrogen-bond donors (Lipinski definition) is 1. The van der Waals surface area contributed by atoms with Crippen LogP contribution < -0.4 is 4.73 Å². The Labute approximate surface area is 118 Å². The number of aromatic nitrogens is 1. The van der Waals surface area contributed by atoms with Crippen molar-refractivity contribution in [1.82, 2.24) is 4.31 Å². The zero-order valence-electron chi connectivity index (χ0n) is 11.4. The Morgan fingerprint density at radius 3 is 2.65 bits per heavy atom. The number of pyridine rings is 1. The van der Waals surface area contributed by atoms with E-state index in [9.17, 15) is 13.6 Å². The molecule has 1 aliphatic heterocycles. The Morgan fingerprint density at radius 2 is 2.00 bits per heavy atom. The van der Waals surface area contributed by atoms with Gasteiger partial charge in [0.25, 0.3) is 0 Å². The van der Waals surface area contributed by atoms with Gasteiger partial charge in [-0.2, -0.15) is 4.31 Å². The van der Waals surface area contributed by atoms with Crippen LogP contribution in [0, 0.1) is 12.8 Å². The van der Waals surface area contributed by atoms with E-state index in [0.29, 0.717) is 34.7 Å². The number of hydrogen-bond acceptors (Lipinski definition) is 3. The molecule has 1 N–H and O–H groups in total. The molecule has 2 aromatic rings. The highest BCUT2D eigenvalue weighted by molar-refractivity contribution is 7.89. The minimum absolute atomic E-state index is 0.319. The first-order chi connectivity index (χ1) is 9.39. The van der Waals surface area contributed by atoms with E-state index in [1.54, 1.807) is 25.1 Å². The fourth-order valence-corrected chi connectivity index (χ4v) is 4.68. The topological polar surface area (TPSA) is 61.5 Å². The lowest BCUT2D eigenvalue weighted by Crippen LogP contribution is -2.48. The second kappa shape index (κ2) is 4.43. The summed E-state index contributed by atoms with van der Waals surface area (Å²) in [5, 5.41) is 11.0. The Bertz CT molecular complexity index is 780. The van der Waals surface area contributed by atoms with Gasteiger partial charge in [-0.05, 0) is 25.0 Å². The number of rotatable bonds is 2. The number of aryl methyl sites for hydroxylation is 1. The van der Waals surface area contributed by atoms with Gasteiger partial charge < -0.3 is 0 Å². The molecule has 1 saturated heterocycles. The van der Waals surface area contributed by atoms with Crippen molar-refractivity contribution in [3.63, 3.8) is 0 Å². The van der Waals surface area contributed by atoms with Gasteiger partial charge in [-0.3, -0.25) is 5.21 Å². The highest BCUT2D eigenvalue weighted by Gasteiger charge is 2.35. The van der Waals surface area contributed by atoms with Crippen molar-refractivity contribution in [3.8, 4) is 0 Å². The van der Waals surface area contributed by atoms with E-state index in [2.05, 4.69) is 0 Å². The van der Waals surface area contributed by atoms with Crippen LogP contribution in [-0.4, -0.2) is 31.0 Å². The molecule has 5 nitrogen and oxygen atoms in total. The molecule has 20 heavy (non-hydrogen) atoms. The van der Waals surface area contributed by atoms with E-state index < -0.39 is 10.0 Å². The zero-order valence-corrected chi connectivity index (χ0v) is 12.3. The first-order valence-electron chi connectivity index (χ1n) is 6.53. The molecule has 1 fully saturated rings. The average molecular weight is 293 g/mol. The van der Waals surface area contributed by atoms with Crippen LogP contribution in [-0.2, 0) is 10.0 Å². The molecule has 0 saturated carbocycles. The standard InChI is InChI=1S/C14H17N2O3S/c1-10-6-16(7-10)20(18,19)13-5-3-4-12-9-15(17)8-11(2)14(12)13/h3-5,8-10,17H,6-7H2,1-2H3/q+1. The predicted molar refractivity (Wildman–Crippen MR) is 74.0 cm³/mol. The van der Waals surface area contributed by atoms with E-state index in [4.69, 9.17) is 0 Å². The summed E-state index contributed by atoms with van der Waals surface area (Å²) < 4.78 is 27.8. The maximum atomic E-state index is 12.7. The third-order valence-corrected chi connectivity index (χ3v) is 5.57. The smallest absolute Gasteiger partial charge is 0.243 e. The minimum Gasteiger partial charge on any atom is -0.285 e. The quantitative estimate of drug-likeness (QED) is 0.671. The van der Waals surface area contributed by atoms with E-state index in [1.807, 2.05) is 6.92 Å². The molecule has 3 rings (SSSR count).